The summed E-state index contributed by atoms with van der Waals surface area (Å²) >= 11 is 8.45. The quantitative estimate of drug-likeness (QED) is 0.470. The van der Waals surface area contributed by atoms with E-state index in [-0.39, 0.29) is 4.21 Å². The van der Waals surface area contributed by atoms with E-state index in [1.807, 2.05) is 11.5 Å². The highest BCUT2D eigenvalue weighted by Gasteiger charge is 2.38. The van der Waals surface area contributed by atoms with E-state index in [9.17, 15) is 13.2 Å². The molecule has 0 N–H and O–H groups in total. The second-order valence-corrected chi connectivity index (χ2v) is 13.0. The van der Waals surface area contributed by atoms with Gasteiger partial charge in [-0.2, -0.15) is 9.30 Å². The maximum atomic E-state index is 13.3. The van der Waals surface area contributed by atoms with Gasteiger partial charge in [0.05, 0.1) is 14.6 Å². The lowest BCUT2D eigenvalue weighted by atomic mass is 10.0. The molecule has 172 valence electrons. The van der Waals surface area contributed by atoms with Crippen molar-refractivity contribution in [1.82, 2.24) is 8.87 Å². The maximum absolute atomic E-state index is 13.3. The zero-order valence-corrected chi connectivity index (χ0v) is 21.5. The van der Waals surface area contributed by atoms with Crippen LogP contribution in [0.4, 0.5) is 0 Å². The second-order valence-electron chi connectivity index (χ2n) is 8.15. The molecular weight excluding hydrogens is 486 g/mol. The number of aryl methyl sites for hydroxylation is 1. The van der Waals surface area contributed by atoms with Gasteiger partial charge in [-0.15, -0.1) is 11.3 Å². The van der Waals surface area contributed by atoms with Crippen LogP contribution in [0.2, 0.25) is 4.34 Å². The molecule has 1 aromatic carbocycles. The number of piperidine rings is 1. The van der Waals surface area contributed by atoms with Crippen LogP contribution in [0.5, 0.6) is 0 Å². The molecule has 1 amide bonds. The highest BCUT2D eigenvalue weighted by molar-refractivity contribution is 7.91. The summed E-state index contributed by atoms with van der Waals surface area (Å²) in [4.78, 5) is 18.3. The number of sulfonamides is 1. The molecular formula is C22H26ClN3O3S3. The number of aromatic nitrogens is 1. The van der Waals surface area contributed by atoms with Gasteiger partial charge in [0.1, 0.15) is 10.3 Å². The molecule has 1 saturated heterocycles. The van der Waals surface area contributed by atoms with Crippen LogP contribution >= 0.6 is 34.3 Å². The lowest BCUT2D eigenvalue weighted by molar-refractivity contribution is -0.122. The van der Waals surface area contributed by atoms with E-state index in [0.29, 0.717) is 34.6 Å². The third-order valence-corrected chi connectivity index (χ3v) is 10.4. The Morgan fingerprint density at radius 1 is 1.22 bits per heavy atom. The highest BCUT2D eigenvalue weighted by atomic mass is 35.5. The molecule has 3 aromatic rings. The number of hydrogen-bond donors (Lipinski definition) is 0. The maximum Gasteiger partial charge on any atom is 0.266 e. The van der Waals surface area contributed by atoms with Crippen LogP contribution in [0.3, 0.4) is 0 Å². The van der Waals surface area contributed by atoms with Gasteiger partial charge in [-0.1, -0.05) is 49.3 Å². The highest BCUT2D eigenvalue weighted by Crippen LogP contribution is 2.32. The lowest BCUT2D eigenvalue weighted by Crippen LogP contribution is -2.47. The minimum absolute atomic E-state index is 0.161. The fourth-order valence-corrected chi connectivity index (χ4v) is 8.41. The van der Waals surface area contributed by atoms with Crippen molar-refractivity contribution in [1.29, 1.82) is 0 Å². The normalized spacial score (nSPS) is 18.7. The number of benzene rings is 1. The number of hydrogen-bond acceptors (Lipinski definition) is 5. The molecule has 1 atom stereocenters. The van der Waals surface area contributed by atoms with Crippen LogP contribution in [0.1, 0.15) is 51.5 Å². The number of thiazole rings is 1. The summed E-state index contributed by atoms with van der Waals surface area (Å²) in [6, 6.07) is 8.61. The van der Waals surface area contributed by atoms with Gasteiger partial charge in [-0.25, -0.2) is 8.42 Å². The molecule has 4 rings (SSSR count). The molecule has 32 heavy (non-hydrogen) atoms. The van der Waals surface area contributed by atoms with Crippen LogP contribution in [0, 0.1) is 0 Å². The van der Waals surface area contributed by atoms with Crippen LogP contribution in [-0.2, 0) is 21.4 Å². The summed E-state index contributed by atoms with van der Waals surface area (Å²) < 4.78 is 31.4. The Hall–Kier alpha value is -1.52. The van der Waals surface area contributed by atoms with Crippen molar-refractivity contribution >= 4 is 60.4 Å². The third-order valence-electron chi connectivity index (χ3n) is 5.75. The Bertz CT molecular complexity index is 1320. The van der Waals surface area contributed by atoms with Crippen molar-refractivity contribution in [3.8, 4) is 0 Å². The number of nitrogens with zero attached hydrogens (tertiary/aromatic N) is 3. The number of carbonyl (C=O) groups is 1. The van der Waals surface area contributed by atoms with Crippen molar-refractivity contribution in [2.24, 2.45) is 4.99 Å². The fourth-order valence-electron chi connectivity index (χ4n) is 4.00. The number of fused-ring (bicyclic) bond motifs is 1. The molecule has 1 aliphatic rings. The van der Waals surface area contributed by atoms with Gasteiger partial charge >= 0.3 is 0 Å². The largest absolute Gasteiger partial charge is 0.317 e. The van der Waals surface area contributed by atoms with Gasteiger partial charge in [0, 0.05) is 13.1 Å². The van der Waals surface area contributed by atoms with Crippen molar-refractivity contribution in [2.75, 3.05) is 6.54 Å². The molecule has 0 bridgehead atoms. The summed E-state index contributed by atoms with van der Waals surface area (Å²) in [7, 11) is -3.80. The van der Waals surface area contributed by atoms with E-state index >= 15 is 0 Å². The SMILES string of the molecule is CCn1c(=NC(=O)C2CCCCN2S(=O)(=O)c2ccc(Cl)s2)sc2cc(C(C)C)ccc21. The van der Waals surface area contributed by atoms with Gasteiger partial charge in [-0.3, -0.25) is 4.79 Å². The van der Waals surface area contributed by atoms with Crippen molar-refractivity contribution < 1.29 is 13.2 Å². The summed E-state index contributed by atoms with van der Waals surface area (Å²) in [6.07, 6.45) is 1.98. The zero-order valence-electron chi connectivity index (χ0n) is 18.2. The molecule has 10 heteroatoms. The van der Waals surface area contributed by atoms with E-state index < -0.39 is 22.0 Å². The first-order valence-electron chi connectivity index (χ1n) is 10.7. The van der Waals surface area contributed by atoms with E-state index in [0.717, 1.165) is 34.4 Å². The van der Waals surface area contributed by atoms with Crippen LogP contribution in [0.15, 0.2) is 39.5 Å². The predicted molar refractivity (Wildman–Crippen MR) is 131 cm³/mol. The van der Waals surface area contributed by atoms with Crippen LogP contribution in [0.25, 0.3) is 10.2 Å². The molecule has 0 aliphatic carbocycles. The molecule has 2 aromatic heterocycles. The molecule has 6 nitrogen and oxygen atoms in total. The lowest BCUT2D eigenvalue weighted by Gasteiger charge is -2.31. The molecule has 0 radical (unpaired) electrons. The first kappa shape index (κ1) is 23.6. The van der Waals surface area contributed by atoms with Gasteiger partial charge in [0.15, 0.2) is 4.80 Å². The van der Waals surface area contributed by atoms with Gasteiger partial charge < -0.3 is 4.57 Å². The minimum Gasteiger partial charge on any atom is -0.317 e. The van der Waals surface area contributed by atoms with E-state index in [1.54, 1.807) is 6.07 Å². The number of halogens is 1. The number of rotatable bonds is 5. The Balaban J connectivity index is 1.73. The molecule has 3 heterocycles. The standard InChI is InChI=1S/C22H26ClN3O3S3/c1-4-25-16-9-8-15(14(2)3)13-18(16)30-22(25)24-21(27)17-7-5-6-12-26(17)32(28,29)20-11-10-19(23)31-20/h8-11,13-14,17H,4-7,12H2,1-3H3. The predicted octanol–water partition coefficient (Wildman–Crippen LogP) is 5.23. The van der Waals surface area contributed by atoms with E-state index in [1.165, 1.54) is 27.3 Å². The molecule has 1 fully saturated rings. The topological polar surface area (TPSA) is 71.7 Å². The first-order valence-corrected chi connectivity index (χ1v) is 14.2. The minimum atomic E-state index is -3.80. The number of thiophene rings is 1. The summed E-state index contributed by atoms with van der Waals surface area (Å²) in [5, 5.41) is 0. The molecule has 0 saturated carbocycles. The Morgan fingerprint density at radius 3 is 2.66 bits per heavy atom. The summed E-state index contributed by atoms with van der Waals surface area (Å²) in [6.45, 7) is 7.30. The first-order chi connectivity index (χ1) is 15.2. The Morgan fingerprint density at radius 2 is 2.00 bits per heavy atom. The Kier molecular flexibility index (Phi) is 6.93. The van der Waals surface area contributed by atoms with E-state index in [4.69, 9.17) is 11.6 Å². The van der Waals surface area contributed by atoms with Crippen molar-refractivity contribution in [3.05, 3.63) is 45.0 Å². The third kappa shape index (κ3) is 4.46. The number of amides is 1. The Labute approximate surface area is 201 Å². The number of carbonyl (C=O) groups excluding carboxylic acids is 1. The zero-order chi connectivity index (χ0) is 23.0. The van der Waals surface area contributed by atoms with Crippen LogP contribution < -0.4 is 4.80 Å². The van der Waals surface area contributed by atoms with Gasteiger partial charge in [0.25, 0.3) is 15.9 Å². The summed E-state index contributed by atoms with van der Waals surface area (Å²) in [5.74, 6) is -0.000812. The monoisotopic (exact) mass is 511 g/mol. The summed E-state index contributed by atoms with van der Waals surface area (Å²) in [5.41, 5.74) is 2.27. The smallest absolute Gasteiger partial charge is 0.266 e. The molecule has 1 unspecified atom stereocenters. The second kappa shape index (κ2) is 9.38. The van der Waals surface area contributed by atoms with Crippen molar-refractivity contribution in [2.45, 2.75) is 62.7 Å². The van der Waals surface area contributed by atoms with E-state index in [2.05, 4.69) is 37.0 Å². The average molecular weight is 512 g/mol. The molecule has 1 aliphatic heterocycles. The molecule has 0 spiro atoms. The van der Waals surface area contributed by atoms with Gasteiger partial charge in [-0.05, 0) is 55.5 Å². The fraction of sp³-hybridized carbons (Fsp3) is 0.455. The van der Waals surface area contributed by atoms with Gasteiger partial charge in [0.2, 0.25) is 0 Å². The van der Waals surface area contributed by atoms with Crippen molar-refractivity contribution in [3.63, 3.8) is 0 Å². The van der Waals surface area contributed by atoms with Crippen LogP contribution in [-0.4, -0.2) is 35.8 Å². The average Bonchev–Trinajstić information content (AvgIpc) is 3.36.